The highest BCUT2D eigenvalue weighted by Gasteiger charge is 2.02. The zero-order valence-electron chi connectivity index (χ0n) is 16.2. The summed E-state index contributed by atoms with van der Waals surface area (Å²) in [5.74, 6) is 1.41. The fourth-order valence-electron chi connectivity index (χ4n) is 2.21. The Labute approximate surface area is 182 Å². The highest BCUT2D eigenvalue weighted by Crippen LogP contribution is 2.16. The molecule has 0 aliphatic heterocycles. The van der Waals surface area contributed by atoms with Gasteiger partial charge in [0.05, 0.1) is 19.7 Å². The van der Waals surface area contributed by atoms with E-state index in [9.17, 15) is 0 Å². The smallest absolute Gasteiger partial charge is 0.213 e. The van der Waals surface area contributed by atoms with Crippen molar-refractivity contribution >= 4 is 41.3 Å². The van der Waals surface area contributed by atoms with Gasteiger partial charge in [-0.25, -0.2) is 9.98 Å². The summed E-state index contributed by atoms with van der Waals surface area (Å²) >= 11 is 1.84. The molecule has 2 heterocycles. The highest BCUT2D eigenvalue weighted by atomic mass is 127. The summed E-state index contributed by atoms with van der Waals surface area (Å²) in [5.41, 5.74) is 1.03. The summed E-state index contributed by atoms with van der Waals surface area (Å²) in [6, 6.07) is 8.20. The van der Waals surface area contributed by atoms with Gasteiger partial charge in [0, 0.05) is 35.7 Å². The van der Waals surface area contributed by atoms with E-state index in [-0.39, 0.29) is 24.0 Å². The molecule has 2 N–H and O–H groups in total. The third-order valence-electron chi connectivity index (χ3n) is 3.59. The Kier molecular flexibility index (Phi) is 12.0. The number of thiophene rings is 1. The van der Waals surface area contributed by atoms with E-state index < -0.39 is 0 Å². The minimum atomic E-state index is 0. The van der Waals surface area contributed by atoms with Crippen molar-refractivity contribution in [3.63, 3.8) is 0 Å². The van der Waals surface area contributed by atoms with Gasteiger partial charge in [-0.1, -0.05) is 13.0 Å². The fourth-order valence-corrected chi connectivity index (χ4v) is 3.11. The summed E-state index contributed by atoms with van der Waals surface area (Å²) in [6.07, 6.45) is 2.87. The predicted molar refractivity (Wildman–Crippen MR) is 122 cm³/mol. The fraction of sp³-hybridized carbons (Fsp3) is 0.474. The van der Waals surface area contributed by atoms with Gasteiger partial charge in [-0.05, 0) is 31.0 Å². The molecule has 0 bridgehead atoms. The first-order valence-corrected chi connectivity index (χ1v) is 9.73. The maximum absolute atomic E-state index is 5.47. The molecule has 0 spiro atoms. The van der Waals surface area contributed by atoms with Crippen LogP contribution in [0.25, 0.3) is 0 Å². The van der Waals surface area contributed by atoms with Gasteiger partial charge >= 0.3 is 0 Å². The average molecular weight is 504 g/mol. The Morgan fingerprint density at radius 2 is 1.93 bits per heavy atom. The zero-order valence-corrected chi connectivity index (χ0v) is 19.3. The monoisotopic (exact) mass is 504 g/mol. The largest absolute Gasteiger partial charge is 0.475 e. The number of aromatic nitrogens is 1. The van der Waals surface area contributed by atoms with Gasteiger partial charge in [-0.3, -0.25) is 0 Å². The van der Waals surface area contributed by atoms with Crippen LogP contribution in [-0.2, 0) is 24.2 Å². The van der Waals surface area contributed by atoms with Crippen LogP contribution in [0.1, 0.15) is 29.2 Å². The summed E-state index contributed by atoms with van der Waals surface area (Å²) in [7, 11) is 1.65. The molecule has 0 aromatic carbocycles. The van der Waals surface area contributed by atoms with Gasteiger partial charge in [-0.15, -0.1) is 35.3 Å². The van der Waals surface area contributed by atoms with Crippen molar-refractivity contribution in [2.45, 2.75) is 33.4 Å². The first-order valence-electron chi connectivity index (χ1n) is 8.91. The number of aliphatic imine (C=N–C) groups is 1. The van der Waals surface area contributed by atoms with Crippen LogP contribution in [0.5, 0.6) is 5.88 Å². The van der Waals surface area contributed by atoms with Crippen molar-refractivity contribution in [2.75, 3.05) is 26.9 Å². The van der Waals surface area contributed by atoms with Crippen LogP contribution in [0, 0.1) is 0 Å². The Hall–Kier alpha value is -1.39. The molecule has 0 amide bonds. The Balaban J connectivity index is 0.00000364. The summed E-state index contributed by atoms with van der Waals surface area (Å²) in [4.78, 5) is 11.6. The first-order chi connectivity index (χ1) is 12.7. The number of hydrogen-bond donors (Lipinski definition) is 2. The number of rotatable bonds is 10. The molecule has 0 aliphatic rings. The number of ether oxygens (including phenoxy) is 2. The van der Waals surface area contributed by atoms with Gasteiger partial charge in [0.1, 0.15) is 6.61 Å². The van der Waals surface area contributed by atoms with E-state index in [1.54, 1.807) is 13.3 Å². The zero-order chi connectivity index (χ0) is 18.6. The van der Waals surface area contributed by atoms with E-state index in [1.807, 2.05) is 23.5 Å². The van der Waals surface area contributed by atoms with Gasteiger partial charge in [0.2, 0.25) is 5.88 Å². The molecule has 0 aliphatic carbocycles. The van der Waals surface area contributed by atoms with Gasteiger partial charge in [0.15, 0.2) is 5.96 Å². The lowest BCUT2D eigenvalue weighted by Gasteiger charge is -2.10. The van der Waals surface area contributed by atoms with E-state index in [4.69, 9.17) is 9.47 Å². The predicted octanol–water partition coefficient (Wildman–Crippen LogP) is 3.60. The molecule has 0 unspecified atom stereocenters. The van der Waals surface area contributed by atoms with Gasteiger partial charge in [0.25, 0.3) is 0 Å². The minimum Gasteiger partial charge on any atom is -0.475 e. The molecule has 27 heavy (non-hydrogen) atoms. The van der Waals surface area contributed by atoms with Crippen LogP contribution in [-0.4, -0.2) is 37.8 Å². The second kappa shape index (κ2) is 13.7. The number of hydrogen-bond acceptors (Lipinski definition) is 5. The standard InChI is InChI=1S/C19H28N4O2S.HI/c1-4-16-7-8-17(26-16)14-23-19(20-5-2)22-13-15-6-9-18(21-12-15)25-11-10-24-3;/h6-9,12H,4-5,10-11,13-14H2,1-3H3,(H2,20,22,23);1H. The molecule has 2 rings (SSSR count). The molecule has 0 atom stereocenters. The third kappa shape index (κ3) is 8.89. The molecule has 6 nitrogen and oxygen atoms in total. The number of aryl methyl sites for hydroxylation is 1. The lowest BCUT2D eigenvalue weighted by molar-refractivity contribution is 0.143. The number of nitrogens with one attached hydrogen (secondary N) is 2. The summed E-state index contributed by atoms with van der Waals surface area (Å²) < 4.78 is 10.4. The SMILES string of the molecule is CCNC(=NCc1ccc(OCCOC)nc1)NCc1ccc(CC)s1.I. The Bertz CT molecular complexity index is 677. The Morgan fingerprint density at radius 1 is 1.11 bits per heavy atom. The quantitative estimate of drug-likeness (QED) is 0.224. The molecular formula is C19H29IN4O2S. The molecule has 0 radical (unpaired) electrons. The Morgan fingerprint density at radius 3 is 2.56 bits per heavy atom. The van der Waals surface area contributed by atoms with Crippen LogP contribution in [0.2, 0.25) is 0 Å². The topological polar surface area (TPSA) is 67.8 Å². The maximum Gasteiger partial charge on any atom is 0.213 e. The molecule has 8 heteroatoms. The summed E-state index contributed by atoms with van der Waals surface area (Å²) in [6.45, 7) is 7.45. The second-order valence-corrected chi connectivity index (χ2v) is 6.87. The van der Waals surface area contributed by atoms with Crippen LogP contribution in [0.4, 0.5) is 0 Å². The number of pyridine rings is 1. The van der Waals surface area contributed by atoms with Crippen LogP contribution < -0.4 is 15.4 Å². The number of halogens is 1. The lowest BCUT2D eigenvalue weighted by Crippen LogP contribution is -2.36. The van der Waals surface area contributed by atoms with Crippen molar-refractivity contribution in [1.29, 1.82) is 0 Å². The lowest BCUT2D eigenvalue weighted by atomic mass is 10.3. The second-order valence-electron chi connectivity index (χ2n) is 5.62. The highest BCUT2D eigenvalue weighted by molar-refractivity contribution is 14.0. The van der Waals surface area contributed by atoms with Crippen LogP contribution >= 0.6 is 35.3 Å². The molecule has 2 aromatic rings. The third-order valence-corrected chi connectivity index (χ3v) is 4.82. The van der Waals surface area contributed by atoms with E-state index in [0.717, 1.165) is 31.0 Å². The number of methoxy groups -OCH3 is 1. The van der Waals surface area contributed by atoms with Crippen molar-refractivity contribution in [3.8, 4) is 5.88 Å². The first kappa shape index (κ1) is 23.6. The number of guanidine groups is 1. The van der Waals surface area contributed by atoms with E-state index in [1.165, 1.54) is 9.75 Å². The van der Waals surface area contributed by atoms with Crippen LogP contribution in [0.3, 0.4) is 0 Å². The minimum absolute atomic E-state index is 0. The molecule has 0 fully saturated rings. The molecule has 2 aromatic heterocycles. The van der Waals surface area contributed by atoms with Gasteiger partial charge < -0.3 is 20.1 Å². The van der Waals surface area contributed by atoms with Crippen molar-refractivity contribution in [2.24, 2.45) is 4.99 Å². The molecule has 0 saturated heterocycles. The summed E-state index contributed by atoms with van der Waals surface area (Å²) in [5, 5.41) is 6.65. The molecular weight excluding hydrogens is 475 g/mol. The molecule has 0 saturated carbocycles. The van der Waals surface area contributed by atoms with Crippen molar-refractivity contribution in [3.05, 3.63) is 45.8 Å². The van der Waals surface area contributed by atoms with Crippen molar-refractivity contribution in [1.82, 2.24) is 15.6 Å². The van der Waals surface area contributed by atoms with E-state index in [0.29, 0.717) is 25.6 Å². The van der Waals surface area contributed by atoms with Gasteiger partial charge in [-0.2, -0.15) is 0 Å². The maximum atomic E-state index is 5.47. The molecule has 150 valence electrons. The average Bonchev–Trinajstić information content (AvgIpc) is 3.13. The van der Waals surface area contributed by atoms with Crippen LogP contribution in [0.15, 0.2) is 35.5 Å². The van der Waals surface area contributed by atoms with E-state index >= 15 is 0 Å². The number of nitrogens with zero attached hydrogens (tertiary/aromatic N) is 2. The normalized spacial score (nSPS) is 11.0. The van der Waals surface area contributed by atoms with E-state index in [2.05, 4.69) is 46.6 Å². The van der Waals surface area contributed by atoms with Crippen molar-refractivity contribution < 1.29 is 9.47 Å².